The van der Waals surface area contributed by atoms with Crippen molar-refractivity contribution < 1.29 is 0 Å². The predicted octanol–water partition coefficient (Wildman–Crippen LogP) is 1.19. The Morgan fingerprint density at radius 2 is 2.18 bits per heavy atom. The highest BCUT2D eigenvalue weighted by atomic mass is 14.9. The largest absolute Gasteiger partial charge is 0.319 e. The maximum Gasteiger partial charge on any atom is 0.00419 e. The van der Waals surface area contributed by atoms with E-state index in [9.17, 15) is 0 Å². The van der Waals surface area contributed by atoms with E-state index in [1.807, 2.05) is 7.05 Å². The van der Waals surface area contributed by atoms with E-state index >= 15 is 0 Å². The number of nitrogens with one attached hydrogen (secondary N) is 2. The Morgan fingerprint density at radius 1 is 1.45 bits per heavy atom. The van der Waals surface area contributed by atoms with Crippen molar-refractivity contribution in [2.75, 3.05) is 20.1 Å². The normalized spacial score (nSPS) is 13.4. The van der Waals surface area contributed by atoms with E-state index in [1.165, 1.54) is 6.42 Å². The summed E-state index contributed by atoms with van der Waals surface area (Å²) in [5.41, 5.74) is 0. The Kier molecular flexibility index (Phi) is 7.96. The van der Waals surface area contributed by atoms with Crippen LogP contribution < -0.4 is 10.6 Å². The molecule has 2 N–H and O–H groups in total. The summed E-state index contributed by atoms with van der Waals surface area (Å²) in [7, 11) is 1.97. The first-order valence-corrected chi connectivity index (χ1v) is 4.50. The van der Waals surface area contributed by atoms with Crippen molar-refractivity contribution in [1.82, 2.24) is 10.6 Å². The summed E-state index contributed by atoms with van der Waals surface area (Å²) in [6, 6.07) is 0.628. The van der Waals surface area contributed by atoms with E-state index in [0.29, 0.717) is 6.04 Å². The first-order chi connectivity index (χ1) is 5.31. The van der Waals surface area contributed by atoms with Gasteiger partial charge < -0.3 is 10.6 Å². The Bertz CT molecular complexity index is 74.0. The number of hydrogen-bond acceptors (Lipinski definition) is 2. The highest BCUT2D eigenvalue weighted by Crippen LogP contribution is 1.93. The molecule has 2 nitrogen and oxygen atoms in total. The van der Waals surface area contributed by atoms with Gasteiger partial charge in [0.2, 0.25) is 0 Å². The topological polar surface area (TPSA) is 24.1 Å². The molecule has 1 unspecified atom stereocenters. The Hall–Kier alpha value is -0.0800. The molecule has 67 valence electrons. The standard InChI is InChI=1S/C9H21N2/c1-4-7-11-9(2)6-5-8-10-3/h5,9-11H,4,6-8H2,1-3H3. The molecule has 0 rings (SSSR count). The van der Waals surface area contributed by atoms with Crippen LogP contribution in [0.15, 0.2) is 0 Å². The molecule has 0 aromatic rings. The molecule has 0 spiro atoms. The van der Waals surface area contributed by atoms with Crippen LogP contribution in [0.2, 0.25) is 0 Å². The van der Waals surface area contributed by atoms with Crippen molar-refractivity contribution in [3.05, 3.63) is 6.42 Å². The lowest BCUT2D eigenvalue weighted by Gasteiger charge is -2.11. The van der Waals surface area contributed by atoms with Crippen LogP contribution in [0.25, 0.3) is 0 Å². The zero-order valence-electron chi connectivity index (χ0n) is 7.98. The molecule has 0 aliphatic heterocycles. The van der Waals surface area contributed by atoms with Gasteiger partial charge in [-0.15, -0.1) is 0 Å². The van der Waals surface area contributed by atoms with Gasteiger partial charge in [-0.05, 0) is 46.3 Å². The second-order valence-corrected chi connectivity index (χ2v) is 2.94. The molecule has 0 fully saturated rings. The second-order valence-electron chi connectivity index (χ2n) is 2.94. The van der Waals surface area contributed by atoms with Crippen LogP contribution in [0.5, 0.6) is 0 Å². The van der Waals surface area contributed by atoms with Crippen LogP contribution in [0, 0.1) is 6.42 Å². The minimum absolute atomic E-state index is 0.628. The van der Waals surface area contributed by atoms with E-state index < -0.39 is 0 Å². The van der Waals surface area contributed by atoms with Crippen LogP contribution in [0.3, 0.4) is 0 Å². The highest BCUT2D eigenvalue weighted by Gasteiger charge is 1.98. The molecular weight excluding hydrogens is 136 g/mol. The van der Waals surface area contributed by atoms with Gasteiger partial charge in [-0.3, -0.25) is 0 Å². The van der Waals surface area contributed by atoms with E-state index in [-0.39, 0.29) is 0 Å². The molecule has 2 heteroatoms. The van der Waals surface area contributed by atoms with Crippen molar-refractivity contribution in [2.45, 2.75) is 32.7 Å². The second kappa shape index (κ2) is 8.02. The molecule has 0 aliphatic rings. The van der Waals surface area contributed by atoms with Crippen molar-refractivity contribution in [3.8, 4) is 0 Å². The van der Waals surface area contributed by atoms with Gasteiger partial charge in [0.15, 0.2) is 0 Å². The minimum atomic E-state index is 0.628. The summed E-state index contributed by atoms with van der Waals surface area (Å²) in [5, 5.41) is 6.53. The van der Waals surface area contributed by atoms with Crippen molar-refractivity contribution in [3.63, 3.8) is 0 Å². The van der Waals surface area contributed by atoms with E-state index in [2.05, 4.69) is 30.9 Å². The van der Waals surface area contributed by atoms with Gasteiger partial charge in [0.1, 0.15) is 0 Å². The average Bonchev–Trinajstić information content (AvgIpc) is 2.01. The van der Waals surface area contributed by atoms with Crippen LogP contribution in [-0.2, 0) is 0 Å². The summed E-state index contributed by atoms with van der Waals surface area (Å²) in [4.78, 5) is 0. The maximum atomic E-state index is 3.43. The third-order valence-corrected chi connectivity index (χ3v) is 1.61. The van der Waals surface area contributed by atoms with Gasteiger partial charge in [-0.2, -0.15) is 0 Å². The van der Waals surface area contributed by atoms with Crippen LogP contribution >= 0.6 is 0 Å². The highest BCUT2D eigenvalue weighted by molar-refractivity contribution is 4.73. The smallest absolute Gasteiger partial charge is 0.00419 e. The van der Waals surface area contributed by atoms with Gasteiger partial charge in [-0.25, -0.2) is 0 Å². The fourth-order valence-electron chi connectivity index (χ4n) is 0.952. The molecule has 0 amide bonds. The fourth-order valence-corrected chi connectivity index (χ4v) is 0.952. The minimum Gasteiger partial charge on any atom is -0.319 e. The van der Waals surface area contributed by atoms with Crippen LogP contribution in [-0.4, -0.2) is 26.2 Å². The quantitative estimate of drug-likeness (QED) is 0.542. The lowest BCUT2D eigenvalue weighted by atomic mass is 10.2. The van der Waals surface area contributed by atoms with Gasteiger partial charge in [-0.1, -0.05) is 6.92 Å². The Balaban J connectivity index is 3.02. The molecule has 0 saturated heterocycles. The third-order valence-electron chi connectivity index (χ3n) is 1.61. The van der Waals surface area contributed by atoms with Gasteiger partial charge in [0, 0.05) is 6.04 Å². The Labute approximate surface area is 70.8 Å². The summed E-state index contributed by atoms with van der Waals surface area (Å²) in [6.45, 7) is 6.56. The number of rotatable bonds is 7. The average molecular weight is 157 g/mol. The van der Waals surface area contributed by atoms with Crippen LogP contribution in [0.4, 0.5) is 0 Å². The van der Waals surface area contributed by atoms with Crippen LogP contribution in [0.1, 0.15) is 26.7 Å². The molecule has 0 bridgehead atoms. The first kappa shape index (κ1) is 10.9. The predicted molar refractivity (Wildman–Crippen MR) is 50.6 cm³/mol. The molecular formula is C9H21N2. The molecule has 1 atom stereocenters. The first-order valence-electron chi connectivity index (χ1n) is 4.50. The monoisotopic (exact) mass is 157 g/mol. The van der Waals surface area contributed by atoms with E-state index in [4.69, 9.17) is 0 Å². The van der Waals surface area contributed by atoms with Gasteiger partial charge in [0.25, 0.3) is 0 Å². The lowest BCUT2D eigenvalue weighted by molar-refractivity contribution is 0.533. The third kappa shape index (κ3) is 7.82. The lowest BCUT2D eigenvalue weighted by Crippen LogP contribution is -2.27. The molecule has 0 aromatic carbocycles. The zero-order chi connectivity index (χ0) is 8.53. The zero-order valence-corrected chi connectivity index (χ0v) is 7.98. The Morgan fingerprint density at radius 3 is 2.73 bits per heavy atom. The number of hydrogen-bond donors (Lipinski definition) is 2. The van der Waals surface area contributed by atoms with Crippen molar-refractivity contribution in [2.24, 2.45) is 0 Å². The van der Waals surface area contributed by atoms with Gasteiger partial charge >= 0.3 is 0 Å². The van der Waals surface area contributed by atoms with Crippen molar-refractivity contribution >= 4 is 0 Å². The molecule has 1 radical (unpaired) electrons. The molecule has 11 heavy (non-hydrogen) atoms. The summed E-state index contributed by atoms with van der Waals surface area (Å²) in [6.07, 6.45) is 4.64. The molecule has 0 heterocycles. The fraction of sp³-hybridized carbons (Fsp3) is 0.889. The van der Waals surface area contributed by atoms with E-state index in [1.54, 1.807) is 0 Å². The maximum absolute atomic E-state index is 3.43. The summed E-state index contributed by atoms with van der Waals surface area (Å²) < 4.78 is 0. The van der Waals surface area contributed by atoms with Gasteiger partial charge in [0.05, 0.1) is 0 Å². The summed E-state index contributed by atoms with van der Waals surface area (Å²) in [5.74, 6) is 0. The summed E-state index contributed by atoms with van der Waals surface area (Å²) >= 11 is 0. The molecule has 0 aromatic heterocycles. The van der Waals surface area contributed by atoms with E-state index in [0.717, 1.165) is 19.5 Å². The molecule has 0 aliphatic carbocycles. The SMILES string of the molecule is CCCNC(C)C[CH]CNC. The van der Waals surface area contributed by atoms with Crippen molar-refractivity contribution in [1.29, 1.82) is 0 Å². The molecule has 0 saturated carbocycles.